The zero-order valence-corrected chi connectivity index (χ0v) is 17.8. The Hall–Kier alpha value is -0.0300. The zero-order chi connectivity index (χ0) is 19.4. The predicted molar refractivity (Wildman–Crippen MR) is 110 cm³/mol. The van der Waals surface area contributed by atoms with Crippen LogP contribution in [-0.2, 0) is 23.7 Å². The smallest absolute Gasteiger partial charge is 0.220 e. The van der Waals surface area contributed by atoms with Crippen molar-refractivity contribution in [2.45, 2.75) is 37.4 Å². The third-order valence-corrected chi connectivity index (χ3v) is 6.83. The van der Waals surface area contributed by atoms with E-state index in [1.165, 1.54) is 18.6 Å². The summed E-state index contributed by atoms with van der Waals surface area (Å²) in [5.41, 5.74) is 0. The number of aliphatic hydroxyl groups excluding tert-OH is 1. The van der Waals surface area contributed by atoms with Crippen LogP contribution in [0, 0.1) is 0 Å². The Kier molecular flexibility index (Phi) is 17.9. The molecule has 9 heteroatoms. The molecule has 0 aliphatic carbocycles. The van der Waals surface area contributed by atoms with E-state index in [1.54, 1.807) is 0 Å². The van der Waals surface area contributed by atoms with E-state index in [9.17, 15) is 4.79 Å². The van der Waals surface area contributed by atoms with Gasteiger partial charge in [0.15, 0.2) is 0 Å². The number of amides is 1. The number of carbonyl (C=O) groups excluding carboxylic acids is 1. The summed E-state index contributed by atoms with van der Waals surface area (Å²) in [5, 5.41) is 12.2. The molecule has 0 aromatic carbocycles. The molecule has 0 aromatic heterocycles. The molecule has 160 valence electrons. The largest absolute Gasteiger partial charge is 0.394 e. The predicted octanol–water partition coefficient (Wildman–Crippen LogP) is 1.88. The average molecular weight is 426 g/mol. The maximum Gasteiger partial charge on any atom is 0.220 e. The normalized spacial score (nSPS) is 16.7. The topological polar surface area (TPSA) is 86.3 Å². The van der Waals surface area contributed by atoms with Crippen LogP contribution >= 0.6 is 21.6 Å². The summed E-state index contributed by atoms with van der Waals surface area (Å²) >= 11 is 0. The van der Waals surface area contributed by atoms with Gasteiger partial charge in [0.2, 0.25) is 5.91 Å². The summed E-state index contributed by atoms with van der Waals surface area (Å²) in [6.07, 6.45) is 5.27. The second-order valence-corrected chi connectivity index (χ2v) is 8.89. The second kappa shape index (κ2) is 19.3. The lowest BCUT2D eigenvalue weighted by Gasteiger charge is -2.09. The molecule has 1 aliphatic rings. The number of ether oxygens (including phenoxy) is 4. The fourth-order valence-corrected chi connectivity index (χ4v) is 5.43. The van der Waals surface area contributed by atoms with Crippen LogP contribution in [0.25, 0.3) is 0 Å². The minimum atomic E-state index is 0.0336. The summed E-state index contributed by atoms with van der Waals surface area (Å²) < 4.78 is 21.2. The van der Waals surface area contributed by atoms with Gasteiger partial charge in [0.05, 0.1) is 59.5 Å². The Morgan fingerprint density at radius 1 is 0.926 bits per heavy atom. The van der Waals surface area contributed by atoms with Crippen LogP contribution in [0.4, 0.5) is 0 Å². The number of unbranched alkanes of at least 4 members (excludes halogenated alkanes) is 1. The van der Waals surface area contributed by atoms with Crippen molar-refractivity contribution >= 4 is 27.5 Å². The van der Waals surface area contributed by atoms with Gasteiger partial charge in [-0.2, -0.15) is 0 Å². The van der Waals surface area contributed by atoms with E-state index in [1.807, 2.05) is 21.6 Å². The van der Waals surface area contributed by atoms with Crippen LogP contribution in [0.15, 0.2) is 0 Å². The van der Waals surface area contributed by atoms with E-state index in [4.69, 9.17) is 24.1 Å². The lowest BCUT2D eigenvalue weighted by Crippen LogP contribution is -2.27. The Bertz CT molecular complexity index is 346. The first-order chi connectivity index (χ1) is 13.3. The van der Waals surface area contributed by atoms with Crippen molar-refractivity contribution in [2.75, 3.05) is 71.8 Å². The van der Waals surface area contributed by atoms with E-state index >= 15 is 0 Å². The average Bonchev–Trinajstić information content (AvgIpc) is 3.19. The van der Waals surface area contributed by atoms with Crippen molar-refractivity contribution < 1.29 is 28.8 Å². The van der Waals surface area contributed by atoms with Crippen LogP contribution in [-0.4, -0.2) is 88.0 Å². The van der Waals surface area contributed by atoms with Crippen molar-refractivity contribution in [1.29, 1.82) is 0 Å². The van der Waals surface area contributed by atoms with E-state index < -0.39 is 0 Å². The van der Waals surface area contributed by atoms with Crippen molar-refractivity contribution in [1.82, 2.24) is 5.32 Å². The molecular weight excluding hydrogens is 390 g/mol. The number of aliphatic hydroxyl groups is 1. The molecule has 0 aromatic rings. The number of carbonyl (C=O) groups is 1. The van der Waals surface area contributed by atoms with Gasteiger partial charge in [-0.15, -0.1) is 0 Å². The van der Waals surface area contributed by atoms with E-state index in [0.29, 0.717) is 65.8 Å². The van der Waals surface area contributed by atoms with Gasteiger partial charge in [-0.05, 0) is 19.3 Å². The Morgan fingerprint density at radius 2 is 1.56 bits per heavy atom. The van der Waals surface area contributed by atoms with Gasteiger partial charge in [0.1, 0.15) is 0 Å². The summed E-state index contributed by atoms with van der Waals surface area (Å²) in [4.78, 5) is 11.7. The monoisotopic (exact) mass is 425 g/mol. The van der Waals surface area contributed by atoms with Crippen molar-refractivity contribution in [2.24, 2.45) is 0 Å². The molecule has 1 amide bonds. The highest BCUT2D eigenvalue weighted by molar-refractivity contribution is 8.77. The van der Waals surface area contributed by atoms with Crippen LogP contribution in [0.5, 0.6) is 0 Å². The molecule has 27 heavy (non-hydrogen) atoms. The molecule has 7 nitrogen and oxygen atoms in total. The first-order valence-corrected chi connectivity index (χ1v) is 12.2. The quantitative estimate of drug-likeness (QED) is 0.240. The van der Waals surface area contributed by atoms with E-state index in [0.717, 1.165) is 18.1 Å². The summed E-state index contributed by atoms with van der Waals surface area (Å²) in [5.74, 6) is 1.39. The van der Waals surface area contributed by atoms with Crippen molar-refractivity contribution in [3.05, 3.63) is 0 Å². The van der Waals surface area contributed by atoms with Gasteiger partial charge in [-0.1, -0.05) is 28.0 Å². The van der Waals surface area contributed by atoms with Crippen molar-refractivity contribution in [3.63, 3.8) is 0 Å². The first kappa shape index (κ1) is 25.0. The van der Waals surface area contributed by atoms with Gasteiger partial charge in [-0.3, -0.25) is 4.79 Å². The van der Waals surface area contributed by atoms with Gasteiger partial charge in [-0.25, -0.2) is 0 Å². The first-order valence-electron chi connectivity index (χ1n) is 9.79. The number of nitrogens with one attached hydrogen (secondary N) is 1. The van der Waals surface area contributed by atoms with Gasteiger partial charge >= 0.3 is 0 Å². The highest BCUT2D eigenvalue weighted by Gasteiger charge is 2.15. The molecule has 2 N–H and O–H groups in total. The van der Waals surface area contributed by atoms with Gasteiger partial charge in [0, 0.05) is 24.0 Å². The SMILES string of the molecule is O=C(CCCCC1CCSS1)NCCOCCOCCOCCOCCO. The molecule has 0 saturated carbocycles. The number of hydrogen-bond acceptors (Lipinski definition) is 8. The lowest BCUT2D eigenvalue weighted by atomic mass is 10.1. The zero-order valence-electron chi connectivity index (χ0n) is 16.2. The maximum atomic E-state index is 11.7. The fourth-order valence-electron chi connectivity index (χ4n) is 2.40. The van der Waals surface area contributed by atoms with Gasteiger partial charge < -0.3 is 29.4 Å². The number of hydrogen-bond donors (Lipinski definition) is 2. The molecule has 0 spiro atoms. The molecular formula is C18H35NO6S2. The van der Waals surface area contributed by atoms with Crippen LogP contribution in [0.2, 0.25) is 0 Å². The second-order valence-electron chi connectivity index (χ2n) is 6.10. The Labute approximate surface area is 171 Å². The van der Waals surface area contributed by atoms with E-state index in [2.05, 4.69) is 5.32 Å². The molecule has 1 rings (SSSR count). The summed E-state index contributed by atoms with van der Waals surface area (Å²) in [7, 11) is 3.97. The van der Waals surface area contributed by atoms with Crippen LogP contribution < -0.4 is 5.32 Å². The molecule has 1 aliphatic heterocycles. The highest BCUT2D eigenvalue weighted by Crippen LogP contribution is 2.39. The summed E-state index contributed by atoms with van der Waals surface area (Å²) in [6.45, 7) is 4.45. The standard InChI is InChI=1S/C18H35NO6S2/c20-7-9-23-11-13-25-15-14-24-12-10-22-8-6-19-18(21)4-2-1-3-17-5-16-26-27-17/h17,20H,1-16H2,(H,19,21). The van der Waals surface area contributed by atoms with Crippen LogP contribution in [0.1, 0.15) is 32.1 Å². The molecule has 0 bridgehead atoms. The number of rotatable bonds is 19. The molecule has 1 unspecified atom stereocenters. The fraction of sp³-hybridized carbons (Fsp3) is 0.944. The Morgan fingerprint density at radius 3 is 2.15 bits per heavy atom. The summed E-state index contributed by atoms with van der Waals surface area (Å²) in [6, 6.07) is 0. The minimum absolute atomic E-state index is 0.0336. The molecule has 1 atom stereocenters. The van der Waals surface area contributed by atoms with Gasteiger partial charge in [0.25, 0.3) is 0 Å². The molecule has 1 heterocycles. The highest BCUT2D eigenvalue weighted by atomic mass is 33.1. The third kappa shape index (κ3) is 16.6. The molecule has 1 fully saturated rings. The molecule has 1 saturated heterocycles. The lowest BCUT2D eigenvalue weighted by molar-refractivity contribution is -0.121. The van der Waals surface area contributed by atoms with E-state index in [-0.39, 0.29) is 12.5 Å². The van der Waals surface area contributed by atoms with Crippen molar-refractivity contribution in [3.8, 4) is 0 Å². The third-order valence-electron chi connectivity index (χ3n) is 3.83. The molecule has 0 radical (unpaired) electrons. The van der Waals surface area contributed by atoms with Crippen LogP contribution in [0.3, 0.4) is 0 Å². The maximum absolute atomic E-state index is 11.7. The minimum Gasteiger partial charge on any atom is -0.394 e. The Balaban J connectivity index is 1.71.